The van der Waals surface area contributed by atoms with Crippen molar-refractivity contribution in [2.45, 2.75) is 46.2 Å². The Morgan fingerprint density at radius 3 is 2.31 bits per heavy atom. The van der Waals surface area contributed by atoms with Crippen molar-refractivity contribution in [1.29, 1.82) is 0 Å². The van der Waals surface area contributed by atoms with Crippen molar-refractivity contribution in [3.8, 4) is 5.75 Å². The zero-order chi connectivity index (χ0) is 26.0. The molecule has 0 heterocycles. The molecule has 0 bridgehead atoms. The number of carbonyl (C=O) groups is 2. The Morgan fingerprint density at radius 1 is 1.09 bits per heavy atom. The number of nitrogens with one attached hydrogen (secondary N) is 1. The van der Waals surface area contributed by atoms with Crippen molar-refractivity contribution in [1.82, 2.24) is 10.2 Å². The number of ether oxygens (including phenoxy) is 1. The number of carbonyl (C=O) groups excluding carboxylic acids is 2. The highest BCUT2D eigenvalue weighted by Gasteiger charge is 2.30. The molecule has 2 aromatic carbocycles. The van der Waals surface area contributed by atoms with Crippen LogP contribution >= 0.6 is 0 Å². The lowest BCUT2D eigenvalue weighted by Crippen LogP contribution is -2.51. The lowest BCUT2D eigenvalue weighted by atomic mass is 10.1. The van der Waals surface area contributed by atoms with Gasteiger partial charge in [0, 0.05) is 18.7 Å². The molecule has 0 aromatic heterocycles. The fourth-order valence-electron chi connectivity index (χ4n) is 3.42. The lowest BCUT2D eigenvalue weighted by Gasteiger charge is -2.31. The SMILES string of the molecule is CCCCNC(=O)[C@@H](C)N(Cc1ccccc1F)C(=O)CN(c1ccc(OCC)cc1)S(C)(=O)=O. The van der Waals surface area contributed by atoms with Crippen LogP contribution in [0.1, 0.15) is 39.2 Å². The molecule has 2 aromatic rings. The molecule has 0 aliphatic rings. The van der Waals surface area contributed by atoms with Gasteiger partial charge in [-0.2, -0.15) is 0 Å². The average Bonchev–Trinajstić information content (AvgIpc) is 2.81. The Morgan fingerprint density at radius 2 is 1.74 bits per heavy atom. The average molecular weight is 508 g/mol. The molecule has 0 saturated heterocycles. The van der Waals surface area contributed by atoms with Gasteiger partial charge in [-0.15, -0.1) is 0 Å². The van der Waals surface area contributed by atoms with E-state index in [9.17, 15) is 22.4 Å². The zero-order valence-corrected chi connectivity index (χ0v) is 21.5. The smallest absolute Gasteiger partial charge is 0.244 e. The topological polar surface area (TPSA) is 96.0 Å². The molecule has 1 atom stereocenters. The molecule has 35 heavy (non-hydrogen) atoms. The normalized spacial score (nSPS) is 12.0. The van der Waals surface area contributed by atoms with Crippen LogP contribution in [0.25, 0.3) is 0 Å². The molecule has 0 aliphatic heterocycles. The number of hydrogen-bond donors (Lipinski definition) is 1. The van der Waals surface area contributed by atoms with Gasteiger partial charge in [0.1, 0.15) is 24.2 Å². The largest absolute Gasteiger partial charge is 0.494 e. The molecule has 10 heteroatoms. The van der Waals surface area contributed by atoms with Crippen molar-refractivity contribution in [3.63, 3.8) is 0 Å². The third kappa shape index (κ3) is 8.24. The summed E-state index contributed by atoms with van der Waals surface area (Å²) in [6.07, 6.45) is 2.66. The highest BCUT2D eigenvalue weighted by Crippen LogP contribution is 2.23. The maximum atomic E-state index is 14.4. The van der Waals surface area contributed by atoms with Crippen molar-refractivity contribution in [3.05, 3.63) is 59.9 Å². The Bertz CT molecular complexity index is 1090. The van der Waals surface area contributed by atoms with Gasteiger partial charge < -0.3 is 15.0 Å². The van der Waals surface area contributed by atoms with Gasteiger partial charge in [-0.25, -0.2) is 12.8 Å². The van der Waals surface area contributed by atoms with E-state index in [0.717, 1.165) is 23.4 Å². The minimum atomic E-state index is -3.85. The molecule has 0 aliphatic carbocycles. The first-order valence-electron chi connectivity index (χ1n) is 11.6. The fourth-order valence-corrected chi connectivity index (χ4v) is 4.27. The predicted molar refractivity (Wildman–Crippen MR) is 134 cm³/mol. The van der Waals surface area contributed by atoms with Crippen molar-refractivity contribution in [2.24, 2.45) is 0 Å². The van der Waals surface area contributed by atoms with Crippen LogP contribution in [0.15, 0.2) is 48.5 Å². The van der Waals surface area contributed by atoms with Gasteiger partial charge >= 0.3 is 0 Å². The monoisotopic (exact) mass is 507 g/mol. The van der Waals surface area contributed by atoms with Crippen LogP contribution in [-0.4, -0.2) is 57.1 Å². The number of amides is 2. The van der Waals surface area contributed by atoms with Crippen LogP contribution < -0.4 is 14.4 Å². The minimum Gasteiger partial charge on any atom is -0.494 e. The highest BCUT2D eigenvalue weighted by atomic mass is 32.2. The molecule has 192 valence electrons. The maximum Gasteiger partial charge on any atom is 0.244 e. The standard InChI is InChI=1S/C25H34FN3O5S/c1-5-7-16-27-25(31)19(3)28(17-20-10-8-9-11-23(20)26)24(30)18-29(35(4,32)33)21-12-14-22(15-13-21)34-6-2/h8-15,19H,5-7,16-18H2,1-4H3,(H,27,31)/t19-/m1/s1. The van der Waals surface area contributed by atoms with Crippen molar-refractivity contribution < 1.29 is 27.1 Å². The Balaban J connectivity index is 2.34. The summed E-state index contributed by atoms with van der Waals surface area (Å²) in [5, 5.41) is 2.78. The number of nitrogens with zero attached hydrogens (tertiary/aromatic N) is 2. The van der Waals surface area contributed by atoms with Gasteiger partial charge in [0.05, 0.1) is 18.6 Å². The number of rotatable bonds is 13. The van der Waals surface area contributed by atoms with Crippen molar-refractivity contribution >= 4 is 27.5 Å². The van der Waals surface area contributed by atoms with Crippen LogP contribution in [0.4, 0.5) is 10.1 Å². The van der Waals surface area contributed by atoms with E-state index in [0.29, 0.717) is 18.9 Å². The summed E-state index contributed by atoms with van der Waals surface area (Å²) in [6.45, 7) is 5.54. The molecule has 0 saturated carbocycles. The molecule has 8 nitrogen and oxygen atoms in total. The molecule has 0 unspecified atom stereocenters. The van der Waals surface area contributed by atoms with E-state index in [1.165, 1.54) is 23.1 Å². The fraction of sp³-hybridized carbons (Fsp3) is 0.440. The van der Waals surface area contributed by atoms with E-state index in [1.54, 1.807) is 37.3 Å². The van der Waals surface area contributed by atoms with Gasteiger partial charge in [-0.05, 0) is 50.6 Å². The first-order valence-corrected chi connectivity index (χ1v) is 13.4. The highest BCUT2D eigenvalue weighted by molar-refractivity contribution is 7.92. The van der Waals surface area contributed by atoms with Gasteiger partial charge in [-0.1, -0.05) is 31.5 Å². The summed E-state index contributed by atoms with van der Waals surface area (Å²) >= 11 is 0. The number of sulfonamides is 1. The first kappa shape index (κ1) is 28.1. The summed E-state index contributed by atoms with van der Waals surface area (Å²) in [7, 11) is -3.85. The van der Waals surface area contributed by atoms with Crippen LogP contribution in [-0.2, 0) is 26.2 Å². The second kappa shape index (κ2) is 13.1. The van der Waals surface area contributed by atoms with Gasteiger partial charge in [0.15, 0.2) is 0 Å². The Labute approximate surface area is 207 Å². The van der Waals surface area contributed by atoms with E-state index in [1.807, 2.05) is 13.8 Å². The first-order chi connectivity index (χ1) is 16.6. The summed E-state index contributed by atoms with van der Waals surface area (Å²) in [6, 6.07) is 11.3. The number of halogens is 1. The van der Waals surface area contributed by atoms with Crippen LogP contribution in [0.2, 0.25) is 0 Å². The quantitative estimate of drug-likeness (QED) is 0.420. The molecule has 0 fully saturated rings. The third-order valence-electron chi connectivity index (χ3n) is 5.41. The summed E-state index contributed by atoms with van der Waals surface area (Å²) < 4.78 is 45.9. The zero-order valence-electron chi connectivity index (χ0n) is 20.7. The van der Waals surface area contributed by atoms with E-state index in [-0.39, 0.29) is 17.8 Å². The second-order valence-corrected chi connectivity index (χ2v) is 10.0. The number of benzene rings is 2. The van der Waals surface area contributed by atoms with E-state index in [4.69, 9.17) is 4.74 Å². The molecular formula is C25H34FN3O5S. The molecular weight excluding hydrogens is 473 g/mol. The Kier molecular flexibility index (Phi) is 10.5. The van der Waals surface area contributed by atoms with Crippen LogP contribution in [0.3, 0.4) is 0 Å². The number of unbranched alkanes of at least 4 members (excludes halogenated alkanes) is 1. The van der Waals surface area contributed by atoms with Gasteiger partial charge in [-0.3, -0.25) is 13.9 Å². The van der Waals surface area contributed by atoms with E-state index < -0.39 is 40.2 Å². The van der Waals surface area contributed by atoms with Gasteiger partial charge in [0.25, 0.3) is 0 Å². The summed E-state index contributed by atoms with van der Waals surface area (Å²) in [4.78, 5) is 27.4. The lowest BCUT2D eigenvalue weighted by molar-refractivity contribution is -0.139. The summed E-state index contributed by atoms with van der Waals surface area (Å²) in [5.41, 5.74) is 0.497. The van der Waals surface area contributed by atoms with Gasteiger partial charge in [0.2, 0.25) is 21.8 Å². The Hall–Kier alpha value is -3.14. The molecule has 2 rings (SSSR count). The second-order valence-electron chi connectivity index (χ2n) is 8.13. The van der Waals surface area contributed by atoms with E-state index in [2.05, 4.69) is 5.32 Å². The molecule has 2 amide bonds. The summed E-state index contributed by atoms with van der Waals surface area (Å²) in [5.74, 6) is -0.981. The minimum absolute atomic E-state index is 0.186. The molecule has 0 spiro atoms. The van der Waals surface area contributed by atoms with Crippen LogP contribution in [0, 0.1) is 5.82 Å². The number of anilines is 1. The predicted octanol–water partition coefficient (Wildman–Crippen LogP) is 3.32. The maximum absolute atomic E-state index is 14.4. The van der Waals surface area contributed by atoms with Crippen molar-refractivity contribution in [2.75, 3.05) is 30.3 Å². The molecule has 0 radical (unpaired) electrons. The van der Waals surface area contributed by atoms with Crippen LogP contribution in [0.5, 0.6) is 5.75 Å². The molecule has 1 N–H and O–H groups in total. The number of hydrogen-bond acceptors (Lipinski definition) is 5. The third-order valence-corrected chi connectivity index (χ3v) is 6.55. The van der Waals surface area contributed by atoms with E-state index >= 15 is 0 Å².